The summed E-state index contributed by atoms with van der Waals surface area (Å²) in [6.45, 7) is 9.14. The molecule has 0 aliphatic rings. The number of hydrogen-bond donors (Lipinski definition) is 0. The Morgan fingerprint density at radius 3 is 2.50 bits per heavy atom. The largest absolute Gasteiger partial charge is 0.490 e. The molecule has 0 amide bonds. The minimum atomic E-state index is -0.343. The van der Waals surface area contributed by atoms with E-state index in [2.05, 4.69) is 0 Å². The van der Waals surface area contributed by atoms with Gasteiger partial charge in [0.05, 0.1) is 11.7 Å². The maximum Gasteiger partial charge on any atom is 0.377 e. The lowest BCUT2D eigenvalue weighted by Crippen LogP contribution is -2.47. The van der Waals surface area contributed by atoms with Crippen LogP contribution in [0.3, 0.4) is 0 Å². The Morgan fingerprint density at radius 1 is 1.38 bits per heavy atom. The first-order valence-electron chi connectivity index (χ1n) is 5.29. The van der Waals surface area contributed by atoms with Gasteiger partial charge < -0.3 is 4.74 Å². The molecule has 0 atom stereocenters. The van der Waals surface area contributed by atoms with Crippen LogP contribution >= 0.6 is 0 Å². The van der Waals surface area contributed by atoms with E-state index in [0.717, 1.165) is 17.0 Å². The zero-order valence-corrected chi connectivity index (χ0v) is 10.4. The molecule has 0 fully saturated rings. The van der Waals surface area contributed by atoms with E-state index in [1.807, 2.05) is 27.7 Å². The van der Waals surface area contributed by atoms with Gasteiger partial charge in [-0.05, 0) is 20.8 Å². The van der Waals surface area contributed by atoms with Gasteiger partial charge in [0, 0.05) is 24.6 Å². The average molecular weight is 224 g/mol. The van der Waals surface area contributed by atoms with E-state index >= 15 is 0 Å². The van der Waals surface area contributed by atoms with Gasteiger partial charge in [0.25, 0.3) is 0 Å². The summed E-state index contributed by atoms with van der Waals surface area (Å²) >= 11 is 0. The molecule has 16 heavy (non-hydrogen) atoms. The van der Waals surface area contributed by atoms with E-state index in [9.17, 15) is 4.79 Å². The average Bonchev–Trinajstić information content (AvgIpc) is 2.16. The van der Waals surface area contributed by atoms with Crippen molar-refractivity contribution >= 4 is 5.97 Å². The molecule has 0 aromatic carbocycles. The monoisotopic (exact) mass is 224 g/mol. The molecule has 4 nitrogen and oxygen atoms in total. The Balaban J connectivity index is 3.03. The summed E-state index contributed by atoms with van der Waals surface area (Å²) in [5.41, 5.74) is 1.82. The molecule has 0 aliphatic carbocycles. The van der Waals surface area contributed by atoms with Gasteiger partial charge in [-0.15, -0.1) is 0 Å². The van der Waals surface area contributed by atoms with Crippen LogP contribution in [0.25, 0.3) is 0 Å². The molecule has 0 saturated heterocycles. The molecule has 88 valence electrons. The van der Waals surface area contributed by atoms with E-state index in [1.54, 1.807) is 12.3 Å². The topological polar surface area (TPSA) is 39.4 Å². The fourth-order valence-corrected chi connectivity index (χ4v) is 1.33. The van der Waals surface area contributed by atoms with Gasteiger partial charge in [0.1, 0.15) is 5.75 Å². The third-order valence-corrected chi connectivity index (χ3v) is 2.19. The lowest BCUT2D eigenvalue weighted by molar-refractivity contribution is -0.873. The second-order valence-corrected chi connectivity index (χ2v) is 3.97. The number of hydrogen-bond acceptors (Lipinski definition) is 3. The fraction of sp³-hybridized carbons (Fsp3) is 0.500. The molecule has 0 saturated carbocycles. The minimum absolute atomic E-state index is 0.127. The molecule has 0 radical (unpaired) electrons. The van der Waals surface area contributed by atoms with Crippen LogP contribution in [-0.4, -0.2) is 12.1 Å². The van der Waals surface area contributed by atoms with E-state index in [4.69, 9.17) is 9.57 Å². The van der Waals surface area contributed by atoms with E-state index < -0.39 is 0 Å². The summed E-state index contributed by atoms with van der Waals surface area (Å²) in [7, 11) is 0. The lowest BCUT2D eigenvalue weighted by Gasteiger charge is -2.11. The Hall–Kier alpha value is -1.58. The first-order valence-corrected chi connectivity index (χ1v) is 5.29. The second-order valence-electron chi connectivity index (χ2n) is 3.97. The van der Waals surface area contributed by atoms with Crippen molar-refractivity contribution in [1.29, 1.82) is 0 Å². The fourth-order valence-electron chi connectivity index (χ4n) is 1.33. The predicted octanol–water partition coefficient (Wildman–Crippen LogP) is 1.35. The van der Waals surface area contributed by atoms with Crippen molar-refractivity contribution in [3.05, 3.63) is 23.5 Å². The number of pyridine rings is 1. The molecule has 1 heterocycles. The van der Waals surface area contributed by atoms with Gasteiger partial charge in [0.15, 0.2) is 0 Å². The van der Waals surface area contributed by atoms with Crippen LogP contribution in [0.2, 0.25) is 0 Å². The summed E-state index contributed by atoms with van der Waals surface area (Å²) in [6.07, 6.45) is 1.81. The molecular weight excluding hydrogens is 206 g/mol. The highest BCUT2D eigenvalue weighted by Crippen LogP contribution is 2.18. The van der Waals surface area contributed by atoms with Gasteiger partial charge >= 0.3 is 5.97 Å². The van der Waals surface area contributed by atoms with Crippen molar-refractivity contribution in [3.8, 4) is 5.75 Å². The third-order valence-electron chi connectivity index (χ3n) is 2.19. The summed E-state index contributed by atoms with van der Waals surface area (Å²) in [6, 6.07) is 1.80. The Morgan fingerprint density at radius 2 is 2.00 bits per heavy atom. The van der Waals surface area contributed by atoms with E-state index in [-0.39, 0.29) is 12.1 Å². The molecule has 1 aromatic heterocycles. The molecule has 1 aromatic rings. The van der Waals surface area contributed by atoms with Gasteiger partial charge in [-0.3, -0.25) is 0 Å². The lowest BCUT2D eigenvalue weighted by atomic mass is 10.2. The van der Waals surface area contributed by atoms with Crippen molar-refractivity contribution in [2.24, 2.45) is 0 Å². The van der Waals surface area contributed by atoms with E-state index in [1.165, 1.54) is 11.7 Å². The normalized spacial score (nSPS) is 10.4. The van der Waals surface area contributed by atoms with Crippen LogP contribution in [0.1, 0.15) is 32.0 Å². The molecule has 0 N–H and O–H groups in total. The van der Waals surface area contributed by atoms with Crippen LogP contribution in [0.4, 0.5) is 0 Å². The van der Waals surface area contributed by atoms with Crippen LogP contribution in [-0.2, 0) is 4.79 Å². The van der Waals surface area contributed by atoms with Gasteiger partial charge in [-0.25, -0.2) is 4.79 Å². The smallest absolute Gasteiger partial charge is 0.377 e. The SMILES string of the molecule is CC(=O)O[n+]1ccc(OC(C)C)c(C)c1C. The van der Waals surface area contributed by atoms with Gasteiger partial charge in [-0.1, -0.05) is 0 Å². The Bertz CT molecular complexity index is 399. The Kier molecular flexibility index (Phi) is 3.88. The maximum absolute atomic E-state index is 10.9. The van der Waals surface area contributed by atoms with Crippen LogP contribution in [0.15, 0.2) is 12.3 Å². The summed E-state index contributed by atoms with van der Waals surface area (Å²) in [5, 5.41) is 0. The highest BCUT2D eigenvalue weighted by Gasteiger charge is 2.17. The predicted molar refractivity (Wildman–Crippen MR) is 59.1 cm³/mol. The molecular formula is C12H18NO3+. The third kappa shape index (κ3) is 2.95. The molecule has 0 spiro atoms. The van der Waals surface area contributed by atoms with Gasteiger partial charge in [0.2, 0.25) is 11.9 Å². The number of rotatable bonds is 3. The van der Waals surface area contributed by atoms with Crippen molar-refractivity contribution in [1.82, 2.24) is 0 Å². The number of ether oxygens (including phenoxy) is 1. The maximum atomic E-state index is 10.9. The van der Waals surface area contributed by atoms with Crippen molar-refractivity contribution in [3.63, 3.8) is 0 Å². The zero-order chi connectivity index (χ0) is 12.3. The first kappa shape index (κ1) is 12.5. The second kappa shape index (κ2) is 4.96. The standard InChI is InChI=1S/C12H18NO3/c1-8(2)15-12-6-7-13(16-11(5)14)10(4)9(12)3/h6-8H,1-5H3/q+1. The molecule has 4 heteroatoms. The number of aromatic nitrogens is 1. The highest BCUT2D eigenvalue weighted by atomic mass is 16.7. The van der Waals surface area contributed by atoms with E-state index in [0.29, 0.717) is 0 Å². The molecule has 0 bridgehead atoms. The minimum Gasteiger partial charge on any atom is -0.490 e. The number of nitrogens with zero attached hydrogens (tertiary/aromatic N) is 1. The zero-order valence-electron chi connectivity index (χ0n) is 10.4. The summed E-state index contributed by atoms with van der Waals surface area (Å²) in [5.74, 6) is 0.473. The van der Waals surface area contributed by atoms with Crippen LogP contribution < -0.4 is 14.3 Å². The van der Waals surface area contributed by atoms with Crippen LogP contribution in [0.5, 0.6) is 5.75 Å². The van der Waals surface area contributed by atoms with Crippen LogP contribution in [0, 0.1) is 13.8 Å². The highest BCUT2D eigenvalue weighted by molar-refractivity contribution is 5.65. The summed E-state index contributed by atoms with van der Waals surface area (Å²) < 4.78 is 7.08. The Labute approximate surface area is 95.8 Å². The number of carbonyl (C=O) groups is 1. The van der Waals surface area contributed by atoms with Crippen molar-refractivity contribution < 1.29 is 19.1 Å². The molecule has 0 aliphatic heterocycles. The summed E-state index contributed by atoms with van der Waals surface area (Å²) in [4.78, 5) is 15.9. The quantitative estimate of drug-likeness (QED) is 0.728. The number of carbonyl (C=O) groups excluding carboxylic acids is 1. The first-order chi connectivity index (χ1) is 7.41. The van der Waals surface area contributed by atoms with Crippen molar-refractivity contribution in [2.75, 3.05) is 0 Å². The van der Waals surface area contributed by atoms with Gasteiger partial charge in [-0.2, -0.15) is 4.84 Å². The molecule has 0 unspecified atom stereocenters. The molecule has 1 rings (SSSR count). The van der Waals surface area contributed by atoms with Crippen molar-refractivity contribution in [2.45, 2.75) is 40.7 Å².